The lowest BCUT2D eigenvalue weighted by molar-refractivity contribution is -0.902. The van der Waals surface area contributed by atoms with Crippen LogP contribution in [0, 0.1) is 0 Å². The Bertz CT molecular complexity index is 1030. The summed E-state index contributed by atoms with van der Waals surface area (Å²) in [4.78, 5) is 1.57. The maximum Gasteiger partial charge on any atom is 0.209 e. The molecule has 25 heavy (non-hydrogen) atoms. The smallest absolute Gasteiger partial charge is 0.209 e. The number of likely N-dealkylation sites (tertiary alicyclic amines) is 1. The summed E-state index contributed by atoms with van der Waals surface area (Å²) in [5.74, 6) is 0.954. The van der Waals surface area contributed by atoms with E-state index in [4.69, 9.17) is 5.10 Å². The van der Waals surface area contributed by atoms with Gasteiger partial charge in [-0.2, -0.15) is 9.61 Å². The second kappa shape index (κ2) is 5.93. The zero-order chi connectivity index (χ0) is 16.6. The van der Waals surface area contributed by atoms with Crippen molar-refractivity contribution in [1.82, 2.24) is 19.8 Å². The second-order valence-electron chi connectivity index (χ2n) is 6.75. The van der Waals surface area contributed by atoms with E-state index in [1.54, 1.807) is 4.90 Å². The number of nitrogens with zero attached hydrogens (tertiary/aromatic N) is 4. The Hall–Kier alpha value is -2.79. The molecule has 0 saturated carbocycles. The maximum absolute atomic E-state index is 4.95. The molecule has 1 aliphatic heterocycles. The van der Waals surface area contributed by atoms with Crippen LogP contribution in [-0.2, 0) is 6.54 Å². The summed E-state index contributed by atoms with van der Waals surface area (Å²) in [5, 5.41) is 16.1. The molecule has 2 aromatic heterocycles. The van der Waals surface area contributed by atoms with E-state index >= 15 is 0 Å². The number of aromatic nitrogens is 4. The van der Waals surface area contributed by atoms with Gasteiger partial charge in [0, 0.05) is 29.2 Å². The number of fused-ring (bicyclic) bond motifs is 3. The van der Waals surface area contributed by atoms with Gasteiger partial charge in [0.1, 0.15) is 6.54 Å². The van der Waals surface area contributed by atoms with Crippen LogP contribution in [0.2, 0.25) is 0 Å². The molecule has 0 unspecified atom stereocenters. The maximum atomic E-state index is 4.95. The Balaban J connectivity index is 1.74. The Morgan fingerprint density at radius 1 is 0.840 bits per heavy atom. The Kier molecular flexibility index (Phi) is 3.45. The summed E-state index contributed by atoms with van der Waals surface area (Å²) in [6.07, 6.45) is 2.61. The number of benzene rings is 2. The van der Waals surface area contributed by atoms with Crippen LogP contribution in [0.1, 0.15) is 18.7 Å². The number of hydrogen-bond acceptors (Lipinski definition) is 3. The third kappa shape index (κ3) is 2.48. The zero-order valence-corrected chi connectivity index (χ0v) is 14.0. The minimum absolute atomic E-state index is 0.851. The Labute approximate surface area is 145 Å². The van der Waals surface area contributed by atoms with Crippen molar-refractivity contribution in [2.45, 2.75) is 19.4 Å². The average Bonchev–Trinajstić information content (AvgIpc) is 3.32. The minimum Gasteiger partial charge on any atom is -0.329 e. The highest BCUT2D eigenvalue weighted by atomic mass is 15.4. The molecule has 2 aromatic carbocycles. The second-order valence-corrected chi connectivity index (χ2v) is 6.75. The molecule has 5 rings (SSSR count). The van der Waals surface area contributed by atoms with Crippen molar-refractivity contribution in [2.75, 3.05) is 13.1 Å². The summed E-state index contributed by atoms with van der Waals surface area (Å²) >= 11 is 0. The SMILES string of the molecule is c1ccc(-c2nn3c(C[NH+]4CCCC4)nnc3c3ccccc23)cc1. The Morgan fingerprint density at radius 3 is 2.36 bits per heavy atom. The highest BCUT2D eigenvalue weighted by Gasteiger charge is 2.21. The van der Waals surface area contributed by atoms with Crippen molar-refractivity contribution in [3.05, 3.63) is 60.4 Å². The van der Waals surface area contributed by atoms with Crippen LogP contribution in [0.15, 0.2) is 54.6 Å². The normalized spacial score (nSPS) is 15.4. The van der Waals surface area contributed by atoms with E-state index in [0.29, 0.717) is 0 Å². The molecule has 3 heterocycles. The minimum atomic E-state index is 0.851. The van der Waals surface area contributed by atoms with E-state index in [1.165, 1.54) is 25.9 Å². The molecule has 1 aliphatic rings. The van der Waals surface area contributed by atoms with Gasteiger partial charge in [-0.15, -0.1) is 10.2 Å². The van der Waals surface area contributed by atoms with Gasteiger partial charge in [-0.1, -0.05) is 54.6 Å². The van der Waals surface area contributed by atoms with Crippen LogP contribution in [-0.4, -0.2) is 32.9 Å². The van der Waals surface area contributed by atoms with Crippen molar-refractivity contribution in [3.63, 3.8) is 0 Å². The van der Waals surface area contributed by atoms with Crippen LogP contribution < -0.4 is 4.90 Å². The molecular weight excluding hydrogens is 310 g/mol. The summed E-state index contributed by atoms with van der Waals surface area (Å²) in [6, 6.07) is 18.7. The molecule has 5 heteroatoms. The monoisotopic (exact) mass is 330 g/mol. The molecular formula is C20H20N5+. The largest absolute Gasteiger partial charge is 0.329 e. The molecule has 0 atom stereocenters. The van der Waals surface area contributed by atoms with Gasteiger partial charge >= 0.3 is 0 Å². The summed E-state index contributed by atoms with van der Waals surface area (Å²) < 4.78 is 1.95. The number of quaternary nitrogens is 1. The molecule has 0 spiro atoms. The Morgan fingerprint density at radius 2 is 1.56 bits per heavy atom. The average molecular weight is 330 g/mol. The van der Waals surface area contributed by atoms with Crippen molar-refractivity contribution < 1.29 is 4.90 Å². The lowest BCUT2D eigenvalue weighted by Crippen LogP contribution is -3.08. The molecule has 5 nitrogen and oxygen atoms in total. The molecule has 124 valence electrons. The predicted molar refractivity (Wildman–Crippen MR) is 97.4 cm³/mol. The quantitative estimate of drug-likeness (QED) is 0.626. The third-order valence-corrected chi connectivity index (χ3v) is 5.09. The first-order valence-electron chi connectivity index (χ1n) is 8.92. The predicted octanol–water partition coefficient (Wildman–Crippen LogP) is 2.12. The van der Waals surface area contributed by atoms with E-state index in [-0.39, 0.29) is 0 Å². The highest BCUT2D eigenvalue weighted by molar-refractivity contribution is 6.01. The van der Waals surface area contributed by atoms with Gasteiger partial charge in [-0.25, -0.2) is 0 Å². The van der Waals surface area contributed by atoms with Crippen LogP contribution in [0.4, 0.5) is 0 Å². The van der Waals surface area contributed by atoms with E-state index in [2.05, 4.69) is 58.7 Å². The van der Waals surface area contributed by atoms with Gasteiger partial charge in [-0.3, -0.25) is 0 Å². The van der Waals surface area contributed by atoms with Gasteiger partial charge in [0.15, 0.2) is 5.65 Å². The van der Waals surface area contributed by atoms with E-state index in [0.717, 1.165) is 40.0 Å². The fourth-order valence-electron chi connectivity index (χ4n) is 3.82. The number of nitrogens with one attached hydrogen (secondary N) is 1. The lowest BCUT2D eigenvalue weighted by atomic mass is 10.1. The summed E-state index contributed by atoms with van der Waals surface area (Å²) in [7, 11) is 0. The lowest BCUT2D eigenvalue weighted by Gasteiger charge is -2.11. The molecule has 0 aliphatic carbocycles. The summed E-state index contributed by atoms with van der Waals surface area (Å²) in [6.45, 7) is 3.32. The number of hydrogen-bond donors (Lipinski definition) is 1. The number of rotatable bonds is 3. The highest BCUT2D eigenvalue weighted by Crippen LogP contribution is 2.28. The topological polar surface area (TPSA) is 47.5 Å². The molecule has 0 bridgehead atoms. The first-order chi connectivity index (χ1) is 12.4. The van der Waals surface area contributed by atoms with E-state index in [9.17, 15) is 0 Å². The zero-order valence-electron chi connectivity index (χ0n) is 14.0. The molecule has 4 aromatic rings. The fourth-order valence-corrected chi connectivity index (χ4v) is 3.82. The van der Waals surface area contributed by atoms with Crippen LogP contribution in [0.5, 0.6) is 0 Å². The van der Waals surface area contributed by atoms with Crippen molar-refractivity contribution in [2.24, 2.45) is 0 Å². The van der Waals surface area contributed by atoms with E-state index in [1.807, 2.05) is 10.6 Å². The standard InChI is InChI=1S/C20H19N5/c1-2-8-15(9-3-1)19-16-10-4-5-11-17(16)20-22-21-18(25(20)23-19)14-24-12-6-7-13-24/h1-5,8-11H,6-7,12-14H2/p+1. The van der Waals surface area contributed by atoms with E-state index < -0.39 is 0 Å². The van der Waals surface area contributed by atoms with Gasteiger partial charge in [0.2, 0.25) is 5.82 Å². The van der Waals surface area contributed by atoms with Crippen LogP contribution in [0.25, 0.3) is 27.7 Å². The van der Waals surface area contributed by atoms with Gasteiger partial charge in [0.05, 0.1) is 18.8 Å². The molecule has 1 fully saturated rings. The molecule has 1 saturated heterocycles. The van der Waals surface area contributed by atoms with Crippen LogP contribution >= 0.6 is 0 Å². The van der Waals surface area contributed by atoms with Crippen molar-refractivity contribution in [1.29, 1.82) is 0 Å². The summed E-state index contributed by atoms with van der Waals surface area (Å²) in [5.41, 5.74) is 2.96. The van der Waals surface area contributed by atoms with Crippen molar-refractivity contribution >= 4 is 16.4 Å². The fraction of sp³-hybridized carbons (Fsp3) is 0.250. The molecule has 0 radical (unpaired) electrons. The first-order valence-corrected chi connectivity index (χ1v) is 8.92. The van der Waals surface area contributed by atoms with Crippen LogP contribution in [0.3, 0.4) is 0 Å². The molecule has 0 amide bonds. The molecule has 1 N–H and O–H groups in total. The third-order valence-electron chi connectivity index (χ3n) is 5.09. The first kappa shape index (κ1) is 14.5. The van der Waals surface area contributed by atoms with Gasteiger partial charge in [0.25, 0.3) is 0 Å². The van der Waals surface area contributed by atoms with Crippen molar-refractivity contribution in [3.8, 4) is 11.3 Å². The van der Waals surface area contributed by atoms with Gasteiger partial charge < -0.3 is 4.90 Å². The van der Waals surface area contributed by atoms with Gasteiger partial charge in [-0.05, 0) is 0 Å².